The molecule has 2 nitrogen and oxygen atoms in total. The maximum atomic E-state index is 4.24. The highest BCUT2D eigenvalue weighted by Crippen LogP contribution is 2.18. The van der Waals surface area contributed by atoms with Gasteiger partial charge in [-0.2, -0.15) is 5.10 Å². The third kappa shape index (κ3) is 3.57. The molecule has 0 aromatic heterocycles. The minimum Gasteiger partial charge on any atom is -0.279 e. The molecule has 0 aliphatic heterocycles. The van der Waals surface area contributed by atoms with Crippen molar-refractivity contribution in [3.8, 4) is 11.1 Å². The van der Waals surface area contributed by atoms with Crippen molar-refractivity contribution in [1.29, 1.82) is 0 Å². The molecular weight excluding hydrogens is 256 g/mol. The van der Waals surface area contributed by atoms with Crippen molar-refractivity contribution in [1.82, 2.24) is 0 Å². The highest BCUT2D eigenvalue weighted by molar-refractivity contribution is 5.81. The number of anilines is 1. The van der Waals surface area contributed by atoms with E-state index in [1.807, 2.05) is 42.6 Å². The Bertz CT molecular complexity index is 702. The molecule has 3 aromatic rings. The zero-order chi connectivity index (χ0) is 14.3. The van der Waals surface area contributed by atoms with Gasteiger partial charge in [0.05, 0.1) is 11.9 Å². The number of hydrazone groups is 1. The zero-order valence-electron chi connectivity index (χ0n) is 11.6. The maximum absolute atomic E-state index is 4.24. The van der Waals surface area contributed by atoms with Crippen LogP contribution >= 0.6 is 0 Å². The topological polar surface area (TPSA) is 24.4 Å². The largest absolute Gasteiger partial charge is 0.279 e. The van der Waals surface area contributed by atoms with Gasteiger partial charge in [-0.3, -0.25) is 5.43 Å². The fourth-order valence-corrected chi connectivity index (χ4v) is 2.09. The van der Waals surface area contributed by atoms with E-state index in [1.165, 1.54) is 11.1 Å². The Morgan fingerprint density at radius 2 is 1.19 bits per heavy atom. The van der Waals surface area contributed by atoms with Gasteiger partial charge in [-0.25, -0.2) is 0 Å². The van der Waals surface area contributed by atoms with Crippen LogP contribution in [0.15, 0.2) is 90.0 Å². The van der Waals surface area contributed by atoms with Gasteiger partial charge in [0.1, 0.15) is 0 Å². The Morgan fingerprint density at radius 1 is 0.619 bits per heavy atom. The quantitative estimate of drug-likeness (QED) is 0.535. The predicted octanol–water partition coefficient (Wildman–Crippen LogP) is 4.80. The Morgan fingerprint density at radius 3 is 1.86 bits per heavy atom. The number of nitrogens with one attached hydrogen (secondary N) is 1. The van der Waals surface area contributed by atoms with E-state index in [0.29, 0.717) is 0 Å². The standard InChI is InChI=1S/C19H16N2/c1-3-7-17(8-4-1)18-13-11-16(12-14-18)15-20-21-19-9-5-2-6-10-19/h1-15,21H. The van der Waals surface area contributed by atoms with E-state index < -0.39 is 0 Å². The molecule has 0 amide bonds. The first kappa shape index (κ1) is 13.1. The van der Waals surface area contributed by atoms with Gasteiger partial charge in [-0.1, -0.05) is 72.8 Å². The lowest BCUT2D eigenvalue weighted by atomic mass is 10.0. The van der Waals surface area contributed by atoms with Crippen molar-refractivity contribution >= 4 is 11.9 Å². The van der Waals surface area contributed by atoms with Gasteiger partial charge in [0.25, 0.3) is 0 Å². The van der Waals surface area contributed by atoms with Crippen LogP contribution in [0.2, 0.25) is 0 Å². The third-order valence-corrected chi connectivity index (χ3v) is 3.20. The average molecular weight is 272 g/mol. The summed E-state index contributed by atoms with van der Waals surface area (Å²) in [5.74, 6) is 0. The van der Waals surface area contributed by atoms with E-state index in [4.69, 9.17) is 0 Å². The number of hydrogen-bond donors (Lipinski definition) is 1. The van der Waals surface area contributed by atoms with Crippen molar-refractivity contribution in [3.05, 3.63) is 90.5 Å². The molecule has 0 fully saturated rings. The maximum Gasteiger partial charge on any atom is 0.0561 e. The summed E-state index contributed by atoms with van der Waals surface area (Å²) in [5.41, 5.74) is 7.49. The monoisotopic (exact) mass is 272 g/mol. The van der Waals surface area contributed by atoms with Crippen molar-refractivity contribution in [2.75, 3.05) is 5.43 Å². The van der Waals surface area contributed by atoms with E-state index in [0.717, 1.165) is 11.3 Å². The molecule has 1 N–H and O–H groups in total. The molecule has 0 spiro atoms. The number of nitrogens with zero attached hydrogens (tertiary/aromatic N) is 1. The lowest BCUT2D eigenvalue weighted by molar-refractivity contribution is 1.35. The Labute approximate surface area is 124 Å². The molecule has 0 heterocycles. The third-order valence-electron chi connectivity index (χ3n) is 3.20. The fourth-order valence-electron chi connectivity index (χ4n) is 2.09. The van der Waals surface area contributed by atoms with Gasteiger partial charge in [-0.05, 0) is 28.8 Å². The van der Waals surface area contributed by atoms with Crippen molar-refractivity contribution < 1.29 is 0 Å². The summed E-state index contributed by atoms with van der Waals surface area (Å²) < 4.78 is 0. The van der Waals surface area contributed by atoms with Gasteiger partial charge in [0.15, 0.2) is 0 Å². The molecule has 0 unspecified atom stereocenters. The molecule has 0 aliphatic rings. The van der Waals surface area contributed by atoms with Crippen LogP contribution in [-0.2, 0) is 0 Å². The molecule has 0 bridgehead atoms. The van der Waals surface area contributed by atoms with Crippen molar-refractivity contribution in [2.45, 2.75) is 0 Å². The van der Waals surface area contributed by atoms with Gasteiger partial charge in [-0.15, -0.1) is 0 Å². The highest BCUT2D eigenvalue weighted by atomic mass is 15.3. The summed E-state index contributed by atoms with van der Waals surface area (Å²) in [7, 11) is 0. The van der Waals surface area contributed by atoms with E-state index in [2.05, 4.69) is 59.1 Å². The Hall–Kier alpha value is -2.87. The number of hydrogen-bond acceptors (Lipinski definition) is 2. The lowest BCUT2D eigenvalue weighted by Crippen LogP contribution is -1.90. The van der Waals surface area contributed by atoms with Crippen LogP contribution in [0.25, 0.3) is 11.1 Å². The van der Waals surface area contributed by atoms with E-state index in [1.54, 1.807) is 0 Å². The number of benzene rings is 3. The molecule has 3 rings (SSSR count). The minimum atomic E-state index is 0.981. The smallest absolute Gasteiger partial charge is 0.0561 e. The predicted molar refractivity (Wildman–Crippen MR) is 89.5 cm³/mol. The summed E-state index contributed by atoms with van der Waals surface area (Å²) >= 11 is 0. The zero-order valence-corrected chi connectivity index (χ0v) is 11.6. The first-order valence-electron chi connectivity index (χ1n) is 6.91. The number of para-hydroxylation sites is 1. The first-order valence-corrected chi connectivity index (χ1v) is 6.91. The van der Waals surface area contributed by atoms with Gasteiger partial charge >= 0.3 is 0 Å². The molecule has 0 atom stereocenters. The molecular formula is C19H16N2. The summed E-state index contributed by atoms with van der Waals surface area (Å²) in [5, 5.41) is 4.24. The second kappa shape index (κ2) is 6.53. The van der Waals surface area contributed by atoms with Crippen LogP contribution < -0.4 is 5.43 Å². The van der Waals surface area contributed by atoms with E-state index in [-0.39, 0.29) is 0 Å². The Balaban J connectivity index is 1.67. The van der Waals surface area contributed by atoms with Crippen molar-refractivity contribution in [2.24, 2.45) is 5.10 Å². The van der Waals surface area contributed by atoms with Crippen LogP contribution in [0.3, 0.4) is 0 Å². The molecule has 0 saturated carbocycles. The minimum absolute atomic E-state index is 0.981. The Kier molecular flexibility index (Phi) is 4.08. The molecule has 102 valence electrons. The SMILES string of the molecule is C(=NNc1ccccc1)c1ccc(-c2ccccc2)cc1. The van der Waals surface area contributed by atoms with Crippen LogP contribution in [0.5, 0.6) is 0 Å². The molecule has 0 aliphatic carbocycles. The summed E-state index contributed by atoms with van der Waals surface area (Å²) in [6, 6.07) is 28.6. The average Bonchev–Trinajstić information content (AvgIpc) is 2.57. The molecule has 21 heavy (non-hydrogen) atoms. The van der Waals surface area contributed by atoms with Crippen molar-refractivity contribution in [3.63, 3.8) is 0 Å². The van der Waals surface area contributed by atoms with Crippen LogP contribution in [0, 0.1) is 0 Å². The second-order valence-corrected chi connectivity index (χ2v) is 4.72. The van der Waals surface area contributed by atoms with Crippen LogP contribution in [-0.4, -0.2) is 6.21 Å². The number of rotatable bonds is 4. The molecule has 2 heteroatoms. The van der Waals surface area contributed by atoms with Crippen LogP contribution in [0.4, 0.5) is 5.69 Å². The highest BCUT2D eigenvalue weighted by Gasteiger charge is 1.95. The molecule has 0 saturated heterocycles. The van der Waals surface area contributed by atoms with Crippen LogP contribution in [0.1, 0.15) is 5.56 Å². The van der Waals surface area contributed by atoms with E-state index >= 15 is 0 Å². The van der Waals surface area contributed by atoms with Gasteiger partial charge in [0, 0.05) is 0 Å². The normalized spacial score (nSPS) is 10.7. The first-order chi connectivity index (χ1) is 10.4. The second-order valence-electron chi connectivity index (χ2n) is 4.72. The van der Waals surface area contributed by atoms with Gasteiger partial charge < -0.3 is 0 Å². The lowest BCUT2D eigenvalue weighted by Gasteiger charge is -2.02. The van der Waals surface area contributed by atoms with Gasteiger partial charge in [0.2, 0.25) is 0 Å². The summed E-state index contributed by atoms with van der Waals surface area (Å²) in [4.78, 5) is 0. The molecule has 0 radical (unpaired) electrons. The van der Waals surface area contributed by atoms with E-state index in [9.17, 15) is 0 Å². The molecule has 3 aromatic carbocycles. The summed E-state index contributed by atoms with van der Waals surface area (Å²) in [6.45, 7) is 0. The fraction of sp³-hybridized carbons (Fsp3) is 0. The summed E-state index contributed by atoms with van der Waals surface area (Å²) in [6.07, 6.45) is 1.82.